The zero-order chi connectivity index (χ0) is 17.2. The third kappa shape index (κ3) is 2.78. The maximum absolute atomic E-state index is 11.1. The van der Waals surface area contributed by atoms with E-state index in [1.807, 2.05) is 24.3 Å². The zero-order valence-corrected chi connectivity index (χ0v) is 13.9. The number of aromatic nitrogens is 1. The van der Waals surface area contributed by atoms with Gasteiger partial charge in [-0.05, 0) is 30.0 Å². The van der Waals surface area contributed by atoms with Gasteiger partial charge >= 0.3 is 5.97 Å². The molecular formula is C22H19NO2. The van der Waals surface area contributed by atoms with Crippen LogP contribution < -0.4 is 0 Å². The first kappa shape index (κ1) is 15.5. The Hall–Kier alpha value is -3.07. The lowest BCUT2D eigenvalue weighted by atomic mass is 9.93. The third-order valence-corrected chi connectivity index (χ3v) is 4.72. The second-order valence-corrected chi connectivity index (χ2v) is 6.24. The molecule has 2 aromatic carbocycles. The molecule has 0 aliphatic carbocycles. The van der Waals surface area contributed by atoms with Crippen molar-refractivity contribution in [3.8, 4) is 22.3 Å². The molecule has 25 heavy (non-hydrogen) atoms. The number of fused-ring (bicyclic) bond motifs is 1. The van der Waals surface area contributed by atoms with Crippen molar-refractivity contribution in [1.29, 1.82) is 0 Å². The average molecular weight is 329 g/mol. The van der Waals surface area contributed by atoms with Crippen molar-refractivity contribution < 1.29 is 9.90 Å². The molecule has 0 fully saturated rings. The standard InChI is InChI=1S/C22H19NO2/c24-20(25)14-13-19-22(17-10-5-2-6-11-17)21(16-8-3-1-4-9-16)18-12-7-15-23(18)19/h1-6,8-11,13-14H,7,12,15H2,(H,24,25)/b14-13+. The number of nitrogens with zero attached hydrogens (tertiary/aromatic N) is 1. The molecule has 4 rings (SSSR count). The summed E-state index contributed by atoms with van der Waals surface area (Å²) in [4.78, 5) is 11.1. The smallest absolute Gasteiger partial charge is 0.328 e. The summed E-state index contributed by atoms with van der Waals surface area (Å²) in [5.41, 5.74) is 6.94. The molecule has 0 radical (unpaired) electrons. The molecule has 1 aliphatic rings. The summed E-state index contributed by atoms with van der Waals surface area (Å²) in [6.45, 7) is 0.932. The lowest BCUT2D eigenvalue weighted by Crippen LogP contribution is -1.96. The first-order valence-corrected chi connectivity index (χ1v) is 8.53. The van der Waals surface area contributed by atoms with E-state index in [0.717, 1.165) is 36.2 Å². The van der Waals surface area contributed by atoms with Gasteiger partial charge in [-0.25, -0.2) is 4.79 Å². The first-order chi connectivity index (χ1) is 12.3. The molecule has 1 aromatic heterocycles. The van der Waals surface area contributed by atoms with Crippen LogP contribution in [0.3, 0.4) is 0 Å². The highest BCUT2D eigenvalue weighted by Crippen LogP contribution is 2.43. The molecule has 0 saturated carbocycles. The van der Waals surface area contributed by atoms with Crippen LogP contribution in [0.15, 0.2) is 66.7 Å². The van der Waals surface area contributed by atoms with Crippen molar-refractivity contribution in [3.05, 3.63) is 78.1 Å². The number of carboxylic acids is 1. The maximum atomic E-state index is 11.1. The van der Waals surface area contributed by atoms with Crippen molar-refractivity contribution in [3.63, 3.8) is 0 Å². The van der Waals surface area contributed by atoms with E-state index < -0.39 is 5.97 Å². The molecule has 3 heteroatoms. The third-order valence-electron chi connectivity index (χ3n) is 4.72. The Kier molecular flexibility index (Phi) is 3.98. The lowest BCUT2D eigenvalue weighted by Gasteiger charge is -2.09. The summed E-state index contributed by atoms with van der Waals surface area (Å²) in [6, 6.07) is 20.6. The molecular weight excluding hydrogens is 310 g/mol. The molecule has 1 aliphatic heterocycles. The second-order valence-electron chi connectivity index (χ2n) is 6.24. The van der Waals surface area contributed by atoms with Crippen molar-refractivity contribution in [2.75, 3.05) is 0 Å². The maximum Gasteiger partial charge on any atom is 0.328 e. The van der Waals surface area contributed by atoms with Crippen molar-refractivity contribution in [2.45, 2.75) is 19.4 Å². The molecule has 2 heterocycles. The van der Waals surface area contributed by atoms with E-state index in [-0.39, 0.29) is 0 Å². The molecule has 3 aromatic rings. The monoisotopic (exact) mass is 329 g/mol. The van der Waals surface area contributed by atoms with E-state index in [9.17, 15) is 4.79 Å². The van der Waals surface area contributed by atoms with E-state index >= 15 is 0 Å². The summed E-state index contributed by atoms with van der Waals surface area (Å²) in [5, 5.41) is 9.11. The van der Waals surface area contributed by atoms with E-state index in [2.05, 4.69) is 41.0 Å². The Morgan fingerprint density at radius 1 is 0.920 bits per heavy atom. The minimum Gasteiger partial charge on any atom is -0.478 e. The van der Waals surface area contributed by atoms with Gasteiger partial charge in [0.25, 0.3) is 0 Å². The van der Waals surface area contributed by atoms with Crippen LogP contribution in [-0.2, 0) is 17.8 Å². The van der Waals surface area contributed by atoms with E-state index in [4.69, 9.17) is 5.11 Å². The summed E-state index contributed by atoms with van der Waals surface area (Å²) in [5.74, 6) is -0.922. The van der Waals surface area contributed by atoms with Gasteiger partial charge in [-0.2, -0.15) is 0 Å². The van der Waals surface area contributed by atoms with Gasteiger partial charge in [-0.1, -0.05) is 60.7 Å². The summed E-state index contributed by atoms with van der Waals surface area (Å²) >= 11 is 0. The van der Waals surface area contributed by atoms with Gasteiger partial charge in [0.05, 0.1) is 0 Å². The van der Waals surface area contributed by atoms with Crippen molar-refractivity contribution >= 4 is 12.0 Å². The van der Waals surface area contributed by atoms with Crippen LogP contribution in [0.4, 0.5) is 0 Å². The largest absolute Gasteiger partial charge is 0.478 e. The predicted octanol–water partition coefficient (Wildman–Crippen LogP) is 4.87. The van der Waals surface area contributed by atoms with Crippen molar-refractivity contribution in [2.24, 2.45) is 0 Å². The SMILES string of the molecule is O=C(O)/C=C/c1c(-c2ccccc2)c(-c2ccccc2)c2n1CCC2. The van der Waals surface area contributed by atoms with Gasteiger partial charge < -0.3 is 9.67 Å². The van der Waals surface area contributed by atoms with Crippen LogP contribution in [0.2, 0.25) is 0 Å². The highest BCUT2D eigenvalue weighted by molar-refractivity contribution is 5.94. The van der Waals surface area contributed by atoms with E-state index in [0.29, 0.717) is 0 Å². The molecule has 0 amide bonds. The topological polar surface area (TPSA) is 42.2 Å². The second kappa shape index (κ2) is 6.44. The number of hydrogen-bond donors (Lipinski definition) is 1. The van der Waals surface area contributed by atoms with Crippen LogP contribution in [0, 0.1) is 0 Å². The van der Waals surface area contributed by atoms with Gasteiger partial charge in [0.1, 0.15) is 0 Å². The molecule has 124 valence electrons. The Morgan fingerprint density at radius 3 is 2.12 bits per heavy atom. The van der Waals surface area contributed by atoms with E-state index in [1.54, 1.807) is 6.08 Å². The van der Waals surface area contributed by atoms with Gasteiger partial charge in [-0.15, -0.1) is 0 Å². The summed E-state index contributed by atoms with van der Waals surface area (Å²) in [6.07, 6.45) is 5.09. The number of benzene rings is 2. The normalized spacial score (nSPS) is 13.3. The average Bonchev–Trinajstić information content (AvgIpc) is 3.22. The molecule has 3 nitrogen and oxygen atoms in total. The molecule has 0 spiro atoms. The van der Waals surface area contributed by atoms with Crippen LogP contribution >= 0.6 is 0 Å². The summed E-state index contributed by atoms with van der Waals surface area (Å²) in [7, 11) is 0. The predicted molar refractivity (Wildman–Crippen MR) is 100 cm³/mol. The van der Waals surface area contributed by atoms with E-state index in [1.165, 1.54) is 22.9 Å². The molecule has 0 bridgehead atoms. The zero-order valence-electron chi connectivity index (χ0n) is 13.9. The number of aliphatic carboxylic acids is 1. The molecule has 0 saturated heterocycles. The number of hydrogen-bond acceptors (Lipinski definition) is 1. The van der Waals surface area contributed by atoms with Gasteiger partial charge in [0, 0.05) is 35.1 Å². The van der Waals surface area contributed by atoms with Gasteiger partial charge in [-0.3, -0.25) is 0 Å². The van der Waals surface area contributed by atoms with Crippen molar-refractivity contribution in [1.82, 2.24) is 4.57 Å². The Balaban J connectivity index is 2.03. The number of carbonyl (C=O) groups is 1. The van der Waals surface area contributed by atoms with Gasteiger partial charge in [0.2, 0.25) is 0 Å². The Morgan fingerprint density at radius 2 is 1.52 bits per heavy atom. The molecule has 1 N–H and O–H groups in total. The highest BCUT2D eigenvalue weighted by atomic mass is 16.4. The molecule has 0 unspecified atom stereocenters. The quantitative estimate of drug-likeness (QED) is 0.694. The van der Waals surface area contributed by atoms with Crippen LogP contribution in [0.25, 0.3) is 28.3 Å². The molecule has 0 atom stereocenters. The van der Waals surface area contributed by atoms with Crippen LogP contribution in [0.5, 0.6) is 0 Å². The van der Waals surface area contributed by atoms with Crippen LogP contribution in [-0.4, -0.2) is 15.6 Å². The Bertz CT molecular complexity index is 937. The highest BCUT2D eigenvalue weighted by Gasteiger charge is 2.26. The fourth-order valence-corrected chi connectivity index (χ4v) is 3.74. The number of carboxylic acid groups (broad SMARTS) is 1. The van der Waals surface area contributed by atoms with Crippen LogP contribution in [0.1, 0.15) is 17.8 Å². The summed E-state index contributed by atoms with van der Waals surface area (Å²) < 4.78 is 2.28. The minimum atomic E-state index is -0.922. The van der Waals surface area contributed by atoms with Gasteiger partial charge in [0.15, 0.2) is 0 Å². The number of rotatable bonds is 4. The Labute approximate surface area is 146 Å². The lowest BCUT2D eigenvalue weighted by molar-refractivity contribution is -0.131. The minimum absolute atomic E-state index is 0.922. The first-order valence-electron chi connectivity index (χ1n) is 8.53. The fourth-order valence-electron chi connectivity index (χ4n) is 3.74. The fraction of sp³-hybridized carbons (Fsp3) is 0.136.